The number of hydrogen-bond donors (Lipinski definition) is 0. The first-order chi connectivity index (χ1) is 10.4. The summed E-state index contributed by atoms with van der Waals surface area (Å²) in [5, 5.41) is 0. The monoisotopic (exact) mass is 382 g/mol. The molecule has 1 aromatic rings. The maximum absolute atomic E-state index is 6.72. The zero-order valence-corrected chi connectivity index (χ0v) is 17.8. The van der Waals surface area contributed by atoms with E-state index in [0.717, 1.165) is 5.75 Å². The van der Waals surface area contributed by atoms with Crippen molar-refractivity contribution in [2.75, 3.05) is 0 Å². The van der Waals surface area contributed by atoms with Gasteiger partial charge in [-0.15, -0.1) is 0 Å². The Bertz CT molecular complexity index is 534. The molecule has 0 fully saturated rings. The molecule has 1 aliphatic rings. The zero-order valence-electron chi connectivity index (χ0n) is 14.7. The van der Waals surface area contributed by atoms with Gasteiger partial charge in [0.2, 0.25) is 0 Å². The van der Waals surface area contributed by atoms with E-state index in [9.17, 15) is 0 Å². The molecule has 3 heteroatoms. The van der Waals surface area contributed by atoms with Crippen molar-refractivity contribution in [1.29, 1.82) is 0 Å². The molecule has 0 saturated carbocycles. The van der Waals surface area contributed by atoms with E-state index in [-0.39, 0.29) is 15.0 Å². The van der Waals surface area contributed by atoms with Gasteiger partial charge in [0.15, 0.2) is 0 Å². The van der Waals surface area contributed by atoms with Crippen molar-refractivity contribution in [2.45, 2.75) is 58.2 Å². The van der Waals surface area contributed by atoms with Crippen LogP contribution in [0.3, 0.4) is 0 Å². The van der Waals surface area contributed by atoms with Gasteiger partial charge in [0, 0.05) is 0 Å². The summed E-state index contributed by atoms with van der Waals surface area (Å²) in [6, 6.07) is 8.82. The summed E-state index contributed by atoms with van der Waals surface area (Å²) in [6.45, 7) is 14.0. The van der Waals surface area contributed by atoms with Crippen LogP contribution >= 0.6 is 0 Å². The summed E-state index contributed by atoms with van der Waals surface area (Å²) in [5.74, 6) is 1.05. The van der Waals surface area contributed by atoms with Crippen LogP contribution in [-0.4, -0.2) is 23.3 Å². The van der Waals surface area contributed by atoms with Crippen LogP contribution in [0.5, 0.6) is 5.75 Å². The first-order valence-electron chi connectivity index (χ1n) is 8.30. The van der Waals surface area contributed by atoms with E-state index in [1.165, 1.54) is 10.0 Å². The van der Waals surface area contributed by atoms with Crippen molar-refractivity contribution in [2.24, 2.45) is 0 Å². The van der Waals surface area contributed by atoms with E-state index in [2.05, 4.69) is 82.9 Å². The first-order valence-corrected chi connectivity index (χ1v) is 12.7. The summed E-state index contributed by atoms with van der Waals surface area (Å²) in [6.07, 6.45) is 4.44. The molecule has 1 aromatic carbocycles. The Balaban J connectivity index is 2.23. The minimum atomic E-state index is -1.84. The van der Waals surface area contributed by atoms with Crippen LogP contribution in [0.2, 0.25) is 16.6 Å². The van der Waals surface area contributed by atoms with E-state index < -0.39 is 8.32 Å². The van der Waals surface area contributed by atoms with Gasteiger partial charge in [-0.3, -0.25) is 0 Å². The third-order valence-electron chi connectivity index (χ3n) is 4.77. The molecule has 0 N–H and O–H groups in total. The van der Waals surface area contributed by atoms with Crippen LogP contribution in [0.1, 0.15) is 47.1 Å². The average molecular weight is 381 g/mol. The minimum absolute atomic E-state index is 0.0551. The van der Waals surface area contributed by atoms with Gasteiger partial charge in [-0.2, -0.15) is 0 Å². The molecule has 1 heterocycles. The normalized spacial score (nSPS) is 16.9. The molecular weight excluding hydrogens is 351 g/mol. The van der Waals surface area contributed by atoms with Gasteiger partial charge < -0.3 is 0 Å². The standard InChI is InChI=1S/C19H30OSeSi/c1-14(2)22(15(3)4,16(5)6)20-18-11-9-17(10-12-18)19-8-7-13-21-19/h7-16H,21H2,1-6H3. The summed E-state index contributed by atoms with van der Waals surface area (Å²) in [7, 11) is -1.84. The van der Waals surface area contributed by atoms with E-state index in [1.54, 1.807) is 0 Å². The molecule has 0 unspecified atom stereocenters. The van der Waals surface area contributed by atoms with E-state index >= 15 is 0 Å². The van der Waals surface area contributed by atoms with Crippen LogP contribution in [-0.2, 0) is 0 Å². The molecule has 0 saturated heterocycles. The van der Waals surface area contributed by atoms with Gasteiger partial charge in [-0.05, 0) is 0 Å². The summed E-state index contributed by atoms with van der Waals surface area (Å²) in [5.41, 5.74) is 3.20. The van der Waals surface area contributed by atoms with Crippen LogP contribution in [0.15, 0.2) is 41.4 Å². The molecule has 0 spiro atoms. The molecule has 122 valence electrons. The predicted octanol–water partition coefficient (Wildman–Crippen LogP) is 5.28. The van der Waals surface area contributed by atoms with Crippen LogP contribution < -0.4 is 4.43 Å². The van der Waals surface area contributed by atoms with Gasteiger partial charge in [0.05, 0.1) is 0 Å². The van der Waals surface area contributed by atoms with E-state index in [1.807, 2.05) is 0 Å². The summed E-state index contributed by atoms with van der Waals surface area (Å²) < 4.78 is 8.24. The second-order valence-electron chi connectivity index (χ2n) is 7.03. The fraction of sp³-hybridized carbons (Fsp3) is 0.474. The van der Waals surface area contributed by atoms with Crippen molar-refractivity contribution < 1.29 is 4.43 Å². The Kier molecular flexibility index (Phi) is 5.76. The quantitative estimate of drug-likeness (QED) is 0.610. The zero-order chi connectivity index (χ0) is 16.3. The van der Waals surface area contributed by atoms with E-state index in [0.29, 0.717) is 16.6 Å². The first kappa shape index (κ1) is 17.6. The van der Waals surface area contributed by atoms with Crippen molar-refractivity contribution in [1.82, 2.24) is 0 Å². The second kappa shape index (κ2) is 7.21. The van der Waals surface area contributed by atoms with Crippen molar-refractivity contribution in [3.63, 3.8) is 0 Å². The van der Waals surface area contributed by atoms with Gasteiger partial charge >= 0.3 is 143 Å². The Morgan fingerprint density at radius 2 is 1.41 bits per heavy atom. The molecule has 2 rings (SSSR count). The van der Waals surface area contributed by atoms with Gasteiger partial charge in [-0.1, -0.05) is 0 Å². The average Bonchev–Trinajstić information content (AvgIpc) is 2.98. The summed E-state index contributed by atoms with van der Waals surface area (Å²) >= 11 is -0.0551. The molecule has 22 heavy (non-hydrogen) atoms. The third-order valence-corrected chi connectivity index (χ3v) is 13.1. The Morgan fingerprint density at radius 1 is 0.864 bits per heavy atom. The SMILES string of the molecule is CC(C)[Si](Oc1ccc(C2=CC=C[SeH2]2)cc1)(C(C)C)C(C)C. The topological polar surface area (TPSA) is 9.23 Å². The number of benzene rings is 1. The fourth-order valence-corrected chi connectivity index (χ4v) is 10.9. The molecule has 0 atom stereocenters. The molecule has 1 nitrogen and oxygen atoms in total. The van der Waals surface area contributed by atoms with Gasteiger partial charge in [-0.25, -0.2) is 0 Å². The molecule has 0 aliphatic carbocycles. The maximum atomic E-state index is 6.72. The predicted molar refractivity (Wildman–Crippen MR) is 104 cm³/mol. The van der Waals surface area contributed by atoms with E-state index in [4.69, 9.17) is 4.43 Å². The molecule has 1 aliphatic heterocycles. The Labute approximate surface area is 143 Å². The number of rotatable bonds is 6. The van der Waals surface area contributed by atoms with Crippen LogP contribution in [0.25, 0.3) is 4.47 Å². The number of allylic oxidation sites excluding steroid dienone is 2. The van der Waals surface area contributed by atoms with Gasteiger partial charge in [0.25, 0.3) is 0 Å². The Hall–Kier alpha value is -0.764. The molecule has 0 radical (unpaired) electrons. The number of hydrogen-bond acceptors (Lipinski definition) is 1. The van der Waals surface area contributed by atoms with Crippen molar-refractivity contribution in [3.05, 3.63) is 47.0 Å². The molecular formula is C19H30OSeSi. The third kappa shape index (κ3) is 3.42. The molecule has 0 aromatic heterocycles. The van der Waals surface area contributed by atoms with Crippen LogP contribution in [0, 0.1) is 0 Å². The fourth-order valence-electron chi connectivity index (χ4n) is 3.77. The van der Waals surface area contributed by atoms with Gasteiger partial charge in [0.1, 0.15) is 0 Å². The second-order valence-corrected chi connectivity index (χ2v) is 14.8. The van der Waals surface area contributed by atoms with Crippen LogP contribution in [0.4, 0.5) is 0 Å². The molecule has 0 bridgehead atoms. The molecule has 0 amide bonds. The summed E-state index contributed by atoms with van der Waals surface area (Å²) in [4.78, 5) is 2.33. The Morgan fingerprint density at radius 3 is 1.82 bits per heavy atom. The van der Waals surface area contributed by atoms with Crippen molar-refractivity contribution in [3.8, 4) is 5.75 Å². The van der Waals surface area contributed by atoms with Crippen molar-refractivity contribution >= 4 is 27.7 Å².